The third-order valence-corrected chi connectivity index (χ3v) is 3.94. The maximum Gasteiger partial charge on any atom is 0.402 e. The van der Waals surface area contributed by atoms with E-state index < -0.39 is 17.8 Å². The number of imide groups is 1. The van der Waals surface area contributed by atoms with Gasteiger partial charge in [0.25, 0.3) is 0 Å². The molecule has 0 aromatic rings. The summed E-state index contributed by atoms with van der Waals surface area (Å²) in [5.74, 6) is -2.52. The number of hydrogen-bond donors (Lipinski definition) is 3. The number of methoxy groups -OCH3 is 3. The molecule has 4 N–H and O–H groups in total. The molecule has 1 rings (SSSR count). The SMILES string of the molecule is COC(C[SiH3])C(OC)(OC)C1CC(=O)NC1=O.NC(=O)O. The van der Waals surface area contributed by atoms with Gasteiger partial charge in [-0.15, -0.1) is 0 Å². The number of ether oxygens (including phenoxy) is 3. The summed E-state index contributed by atoms with van der Waals surface area (Å²) in [5, 5.41) is 9.46. The molecule has 3 amide bonds. The molecule has 122 valence electrons. The summed E-state index contributed by atoms with van der Waals surface area (Å²) in [7, 11) is 5.35. The lowest BCUT2D eigenvalue weighted by Crippen LogP contribution is -2.54. The molecule has 2 unspecified atom stereocenters. The van der Waals surface area contributed by atoms with Gasteiger partial charge in [-0.2, -0.15) is 0 Å². The summed E-state index contributed by atoms with van der Waals surface area (Å²) in [4.78, 5) is 31.8. The molecule has 1 aliphatic rings. The Labute approximate surface area is 125 Å². The van der Waals surface area contributed by atoms with E-state index in [2.05, 4.69) is 11.1 Å². The summed E-state index contributed by atoms with van der Waals surface area (Å²) < 4.78 is 16.1. The molecule has 1 saturated heterocycles. The first-order chi connectivity index (χ1) is 9.78. The fraction of sp³-hybridized carbons (Fsp3) is 0.727. The van der Waals surface area contributed by atoms with Crippen LogP contribution in [0.15, 0.2) is 0 Å². The zero-order chi connectivity index (χ0) is 16.6. The van der Waals surface area contributed by atoms with E-state index in [-0.39, 0.29) is 24.3 Å². The second-order valence-electron chi connectivity index (χ2n) is 4.27. The summed E-state index contributed by atoms with van der Waals surface area (Å²) in [6.45, 7) is 0. The first-order valence-corrected chi connectivity index (χ1v) is 7.65. The van der Waals surface area contributed by atoms with Gasteiger partial charge in [0, 0.05) is 38.0 Å². The number of hydrogen-bond acceptors (Lipinski definition) is 6. The highest BCUT2D eigenvalue weighted by Gasteiger charge is 2.53. The van der Waals surface area contributed by atoms with Gasteiger partial charge in [0.2, 0.25) is 17.6 Å². The van der Waals surface area contributed by atoms with Crippen LogP contribution in [-0.2, 0) is 23.8 Å². The molecule has 2 atom stereocenters. The van der Waals surface area contributed by atoms with Gasteiger partial charge >= 0.3 is 6.09 Å². The van der Waals surface area contributed by atoms with Gasteiger partial charge in [0.1, 0.15) is 12.0 Å². The second-order valence-corrected chi connectivity index (χ2v) is 5.09. The van der Waals surface area contributed by atoms with Crippen LogP contribution in [0.1, 0.15) is 6.42 Å². The predicted molar refractivity (Wildman–Crippen MR) is 75.8 cm³/mol. The Morgan fingerprint density at radius 3 is 2.19 bits per heavy atom. The molecule has 9 nitrogen and oxygen atoms in total. The molecular formula is C11H22N2O7Si. The minimum absolute atomic E-state index is 0.0714. The number of nitrogens with two attached hydrogens (primary N) is 1. The molecule has 1 heterocycles. The minimum atomic E-state index is -1.33. The fourth-order valence-corrected chi connectivity index (χ4v) is 3.25. The number of amides is 3. The highest BCUT2D eigenvalue weighted by atomic mass is 28.1. The average molecular weight is 322 g/mol. The zero-order valence-corrected chi connectivity index (χ0v) is 14.5. The number of rotatable bonds is 6. The Hall–Kier alpha value is -1.49. The number of carboxylic acid groups (broad SMARTS) is 1. The van der Waals surface area contributed by atoms with E-state index in [1.807, 2.05) is 0 Å². The van der Waals surface area contributed by atoms with Crippen molar-refractivity contribution >= 4 is 28.2 Å². The van der Waals surface area contributed by atoms with Gasteiger partial charge in [-0.1, -0.05) is 0 Å². The Bertz CT molecular complexity index is 379. The molecule has 1 fully saturated rings. The van der Waals surface area contributed by atoms with Gasteiger partial charge in [0.15, 0.2) is 0 Å². The summed E-state index contributed by atoms with van der Waals surface area (Å²) in [5.41, 5.74) is 4.03. The van der Waals surface area contributed by atoms with Crippen molar-refractivity contribution < 1.29 is 33.7 Å². The fourth-order valence-electron chi connectivity index (χ4n) is 2.35. The summed E-state index contributed by atoms with van der Waals surface area (Å²) in [6.07, 6.45) is -1.62. The summed E-state index contributed by atoms with van der Waals surface area (Å²) in [6, 6.07) is 0.746. The molecule has 0 aliphatic carbocycles. The van der Waals surface area contributed by atoms with Crippen LogP contribution in [-0.4, -0.2) is 66.5 Å². The number of carbonyl (C=O) groups excluding carboxylic acids is 2. The van der Waals surface area contributed by atoms with Crippen molar-refractivity contribution in [1.29, 1.82) is 0 Å². The minimum Gasteiger partial charge on any atom is -0.465 e. The molecule has 0 bridgehead atoms. The van der Waals surface area contributed by atoms with Crippen molar-refractivity contribution in [3.05, 3.63) is 0 Å². The van der Waals surface area contributed by atoms with Crippen LogP contribution < -0.4 is 11.1 Å². The van der Waals surface area contributed by atoms with Crippen LogP contribution in [0.2, 0.25) is 6.04 Å². The van der Waals surface area contributed by atoms with E-state index in [4.69, 9.17) is 24.1 Å². The summed E-state index contributed by atoms with van der Waals surface area (Å²) >= 11 is 0. The standard InChI is InChI=1S/C10H19NO5Si.CH3NO2/c1-14-7(5-17)10(15-2,16-3)6-4-8(12)11-9(6)13;2-1(3)4/h6-7H,4-5H2,1-3,17H3,(H,11,12,13);2H2,(H,3,4). The van der Waals surface area contributed by atoms with E-state index in [1.165, 1.54) is 14.2 Å². The Kier molecular flexibility index (Phi) is 8.10. The van der Waals surface area contributed by atoms with Gasteiger partial charge in [-0.3, -0.25) is 14.9 Å². The maximum absolute atomic E-state index is 11.7. The lowest BCUT2D eigenvalue weighted by Gasteiger charge is -2.39. The van der Waals surface area contributed by atoms with Crippen molar-refractivity contribution in [2.75, 3.05) is 21.3 Å². The molecule has 0 aromatic carbocycles. The molecule has 0 aromatic heterocycles. The van der Waals surface area contributed by atoms with E-state index in [0.29, 0.717) is 0 Å². The van der Waals surface area contributed by atoms with E-state index >= 15 is 0 Å². The van der Waals surface area contributed by atoms with Gasteiger partial charge < -0.3 is 25.1 Å². The number of carbonyl (C=O) groups is 3. The van der Waals surface area contributed by atoms with Crippen molar-refractivity contribution in [1.82, 2.24) is 5.32 Å². The second kappa shape index (κ2) is 8.72. The highest BCUT2D eigenvalue weighted by molar-refractivity contribution is 6.09. The van der Waals surface area contributed by atoms with Crippen LogP contribution in [0.4, 0.5) is 4.79 Å². The Balaban J connectivity index is 0.000000885. The Morgan fingerprint density at radius 2 is 1.95 bits per heavy atom. The van der Waals surface area contributed by atoms with Crippen molar-refractivity contribution in [2.24, 2.45) is 11.7 Å². The van der Waals surface area contributed by atoms with Gasteiger partial charge in [0.05, 0.1) is 0 Å². The third-order valence-electron chi connectivity index (χ3n) is 3.20. The van der Waals surface area contributed by atoms with Crippen LogP contribution >= 0.6 is 0 Å². The zero-order valence-electron chi connectivity index (χ0n) is 12.5. The molecule has 0 spiro atoms. The van der Waals surface area contributed by atoms with E-state index in [1.54, 1.807) is 7.11 Å². The average Bonchev–Trinajstić information content (AvgIpc) is 2.75. The first kappa shape index (κ1) is 19.5. The number of nitrogens with one attached hydrogen (secondary N) is 1. The van der Waals surface area contributed by atoms with Crippen LogP contribution in [0.3, 0.4) is 0 Å². The molecule has 10 heteroatoms. The Morgan fingerprint density at radius 1 is 1.48 bits per heavy atom. The van der Waals surface area contributed by atoms with Gasteiger partial charge in [-0.25, -0.2) is 4.79 Å². The van der Waals surface area contributed by atoms with E-state index in [9.17, 15) is 9.59 Å². The first-order valence-electron chi connectivity index (χ1n) is 6.24. The van der Waals surface area contributed by atoms with Gasteiger partial charge in [-0.05, 0) is 6.04 Å². The van der Waals surface area contributed by atoms with Crippen LogP contribution in [0, 0.1) is 5.92 Å². The lowest BCUT2D eigenvalue weighted by molar-refractivity contribution is -0.281. The van der Waals surface area contributed by atoms with Crippen LogP contribution in [0.5, 0.6) is 0 Å². The van der Waals surface area contributed by atoms with Crippen LogP contribution in [0.25, 0.3) is 0 Å². The lowest BCUT2D eigenvalue weighted by atomic mass is 9.92. The van der Waals surface area contributed by atoms with Crippen molar-refractivity contribution in [3.8, 4) is 0 Å². The molecule has 0 radical (unpaired) electrons. The topological polar surface area (TPSA) is 137 Å². The smallest absolute Gasteiger partial charge is 0.402 e. The van der Waals surface area contributed by atoms with E-state index in [0.717, 1.165) is 16.3 Å². The van der Waals surface area contributed by atoms with Crippen molar-refractivity contribution in [3.63, 3.8) is 0 Å². The normalized spacial score (nSPS) is 19.7. The predicted octanol–water partition coefficient (Wildman–Crippen LogP) is -1.94. The molecule has 1 aliphatic heterocycles. The largest absolute Gasteiger partial charge is 0.465 e. The highest BCUT2D eigenvalue weighted by Crippen LogP contribution is 2.34. The third kappa shape index (κ3) is 4.77. The molecule has 0 saturated carbocycles. The van der Waals surface area contributed by atoms with Crippen molar-refractivity contribution in [2.45, 2.75) is 24.4 Å². The molecular weight excluding hydrogens is 300 g/mol. The quantitative estimate of drug-likeness (QED) is 0.294. The number of primary amides is 1. The molecule has 21 heavy (non-hydrogen) atoms. The monoisotopic (exact) mass is 322 g/mol. The maximum atomic E-state index is 11.7.